The first-order valence-corrected chi connectivity index (χ1v) is 14.4. The molecule has 2 saturated carbocycles. The summed E-state index contributed by atoms with van der Waals surface area (Å²) in [6, 6.07) is 10.1. The number of nitrogens with one attached hydrogen (secondary N) is 2. The molecule has 10 heteroatoms. The molecular formula is C31H32FN7O2. The van der Waals surface area contributed by atoms with Gasteiger partial charge in [0.2, 0.25) is 0 Å². The molecule has 1 atom stereocenters. The van der Waals surface area contributed by atoms with Gasteiger partial charge in [-0.25, -0.2) is 9.37 Å². The van der Waals surface area contributed by atoms with Crippen molar-refractivity contribution in [2.45, 2.75) is 50.5 Å². The van der Waals surface area contributed by atoms with Crippen molar-refractivity contribution in [3.63, 3.8) is 0 Å². The number of aryl methyl sites for hydroxylation is 1. The van der Waals surface area contributed by atoms with Crippen molar-refractivity contribution in [2.24, 2.45) is 13.0 Å². The summed E-state index contributed by atoms with van der Waals surface area (Å²) < 4.78 is 17.8. The molecule has 3 fully saturated rings. The molecular weight excluding hydrogens is 521 g/mol. The van der Waals surface area contributed by atoms with Crippen molar-refractivity contribution in [3.8, 4) is 22.5 Å². The number of anilines is 1. The number of amides is 1. The van der Waals surface area contributed by atoms with Crippen molar-refractivity contribution in [1.29, 1.82) is 0 Å². The van der Waals surface area contributed by atoms with Gasteiger partial charge in [-0.15, -0.1) is 10.2 Å². The molecule has 1 aliphatic heterocycles. The van der Waals surface area contributed by atoms with Crippen LogP contribution in [0.1, 0.15) is 65.6 Å². The summed E-state index contributed by atoms with van der Waals surface area (Å²) in [6.07, 6.45) is 8.76. The van der Waals surface area contributed by atoms with E-state index in [-0.39, 0.29) is 22.9 Å². The van der Waals surface area contributed by atoms with E-state index in [1.54, 1.807) is 33.7 Å². The molecule has 4 aromatic rings. The Morgan fingerprint density at radius 3 is 2.63 bits per heavy atom. The normalized spacial score (nSPS) is 18.5. The fraction of sp³-hybridized carbons (Fsp3) is 0.387. The Kier molecular flexibility index (Phi) is 6.50. The summed E-state index contributed by atoms with van der Waals surface area (Å²) in [7, 11) is 1.81. The Morgan fingerprint density at radius 1 is 1.07 bits per heavy atom. The molecule has 0 bridgehead atoms. The molecule has 3 aromatic heterocycles. The van der Waals surface area contributed by atoms with Crippen LogP contribution in [0.2, 0.25) is 0 Å². The van der Waals surface area contributed by atoms with Gasteiger partial charge in [-0.1, -0.05) is 6.07 Å². The van der Waals surface area contributed by atoms with Crippen LogP contribution in [0.25, 0.3) is 22.5 Å². The fourth-order valence-electron chi connectivity index (χ4n) is 5.72. The van der Waals surface area contributed by atoms with Crippen molar-refractivity contribution in [1.82, 2.24) is 29.6 Å². The number of carbonyl (C=O) groups excluding carboxylic acids is 1. The molecule has 1 amide bonds. The summed E-state index contributed by atoms with van der Waals surface area (Å²) in [4.78, 5) is 31.9. The van der Waals surface area contributed by atoms with E-state index in [9.17, 15) is 14.0 Å². The Balaban J connectivity index is 1.27. The second kappa shape index (κ2) is 10.3. The minimum absolute atomic E-state index is 0.136. The van der Waals surface area contributed by atoms with E-state index in [4.69, 9.17) is 4.98 Å². The molecule has 210 valence electrons. The third kappa shape index (κ3) is 5.31. The van der Waals surface area contributed by atoms with E-state index < -0.39 is 5.91 Å². The van der Waals surface area contributed by atoms with E-state index in [0.29, 0.717) is 35.6 Å². The van der Waals surface area contributed by atoms with E-state index in [1.165, 1.54) is 12.1 Å². The van der Waals surface area contributed by atoms with Crippen LogP contribution in [-0.2, 0) is 13.6 Å². The molecule has 7 rings (SSSR count). The zero-order valence-electron chi connectivity index (χ0n) is 22.9. The number of pyridine rings is 2. The standard InChI is InChI=1S/C31H32FN7O2/c1-38-17-34-37-29(38)25-13-23(32)6-7-24(25)21-11-27(19-4-5-19)35-28(12-21)36-30(40)26-10-22(20-8-9-33-14-20)16-39(31(26)41)15-18-2-3-18/h6-7,10-13,16-20,33H,2-5,8-9,14-15H2,1H3,(H,35,36,40). The molecule has 2 aliphatic carbocycles. The maximum atomic E-state index is 14.4. The second-order valence-electron chi connectivity index (χ2n) is 11.6. The van der Waals surface area contributed by atoms with Crippen molar-refractivity contribution < 1.29 is 9.18 Å². The summed E-state index contributed by atoms with van der Waals surface area (Å²) >= 11 is 0. The maximum Gasteiger partial charge on any atom is 0.263 e. The number of hydrogen-bond donors (Lipinski definition) is 2. The number of nitrogens with zero attached hydrogens (tertiary/aromatic N) is 5. The molecule has 1 aromatic carbocycles. The third-order valence-electron chi connectivity index (χ3n) is 8.36. The number of aromatic nitrogens is 5. The molecule has 0 radical (unpaired) electrons. The molecule has 1 unspecified atom stereocenters. The van der Waals surface area contributed by atoms with E-state index in [1.807, 2.05) is 19.3 Å². The molecule has 2 N–H and O–H groups in total. The SMILES string of the molecule is Cn1cnnc1-c1cc(F)ccc1-c1cc(NC(=O)c2cc(C3CCNC3)cn(CC3CC3)c2=O)nc(C2CC2)c1. The number of hydrogen-bond acceptors (Lipinski definition) is 6. The molecule has 0 spiro atoms. The first kappa shape index (κ1) is 25.8. The average molecular weight is 554 g/mol. The lowest BCUT2D eigenvalue weighted by Crippen LogP contribution is -2.31. The Morgan fingerprint density at radius 2 is 1.93 bits per heavy atom. The van der Waals surface area contributed by atoms with Crippen LogP contribution < -0.4 is 16.2 Å². The third-order valence-corrected chi connectivity index (χ3v) is 8.36. The van der Waals surface area contributed by atoms with Gasteiger partial charge in [0.05, 0.1) is 0 Å². The minimum atomic E-state index is -0.466. The van der Waals surface area contributed by atoms with Gasteiger partial charge in [-0.05, 0) is 97.5 Å². The zero-order chi connectivity index (χ0) is 28.1. The van der Waals surface area contributed by atoms with E-state index >= 15 is 0 Å². The first-order valence-electron chi connectivity index (χ1n) is 14.4. The summed E-state index contributed by atoms with van der Waals surface area (Å²) in [5.41, 5.74) is 3.87. The quantitative estimate of drug-likeness (QED) is 0.334. The number of rotatable bonds is 8. The highest BCUT2D eigenvalue weighted by molar-refractivity contribution is 6.04. The van der Waals surface area contributed by atoms with Gasteiger partial charge in [0.15, 0.2) is 5.82 Å². The number of benzene rings is 1. The highest BCUT2D eigenvalue weighted by Crippen LogP contribution is 2.42. The fourth-order valence-corrected chi connectivity index (χ4v) is 5.72. The zero-order valence-corrected chi connectivity index (χ0v) is 22.9. The van der Waals surface area contributed by atoms with Gasteiger partial charge < -0.3 is 19.8 Å². The lowest BCUT2D eigenvalue weighted by molar-refractivity contribution is 0.102. The molecule has 1 saturated heterocycles. The average Bonchev–Trinajstić information content (AvgIpc) is 3.88. The van der Waals surface area contributed by atoms with Crippen LogP contribution in [-0.4, -0.2) is 43.3 Å². The van der Waals surface area contributed by atoms with Gasteiger partial charge in [0, 0.05) is 43.5 Å². The van der Waals surface area contributed by atoms with Crippen molar-refractivity contribution >= 4 is 11.7 Å². The van der Waals surface area contributed by atoms with Crippen LogP contribution >= 0.6 is 0 Å². The Labute approximate surface area is 236 Å². The molecule has 4 heterocycles. The smallest absolute Gasteiger partial charge is 0.263 e. The lowest BCUT2D eigenvalue weighted by Gasteiger charge is -2.16. The molecule has 3 aliphatic rings. The highest BCUT2D eigenvalue weighted by atomic mass is 19.1. The van der Waals surface area contributed by atoms with Gasteiger partial charge in [0.1, 0.15) is 23.5 Å². The first-order chi connectivity index (χ1) is 19.9. The lowest BCUT2D eigenvalue weighted by atomic mass is 9.97. The predicted octanol–water partition coefficient (Wildman–Crippen LogP) is 4.46. The Bertz CT molecular complexity index is 1700. The number of halogens is 1. The molecule has 41 heavy (non-hydrogen) atoms. The van der Waals surface area contributed by atoms with Crippen LogP contribution in [0.15, 0.2) is 53.7 Å². The van der Waals surface area contributed by atoms with E-state index in [0.717, 1.165) is 67.6 Å². The largest absolute Gasteiger partial charge is 0.317 e. The van der Waals surface area contributed by atoms with Crippen LogP contribution in [0.5, 0.6) is 0 Å². The summed E-state index contributed by atoms with van der Waals surface area (Å²) in [5, 5.41) is 14.5. The summed E-state index contributed by atoms with van der Waals surface area (Å²) in [5.74, 6) is 1.13. The van der Waals surface area contributed by atoms with E-state index in [2.05, 4.69) is 20.8 Å². The van der Waals surface area contributed by atoms with Crippen molar-refractivity contribution in [2.75, 3.05) is 18.4 Å². The van der Waals surface area contributed by atoms with Crippen LogP contribution in [0.3, 0.4) is 0 Å². The minimum Gasteiger partial charge on any atom is -0.317 e. The van der Waals surface area contributed by atoms with Gasteiger partial charge in [-0.3, -0.25) is 9.59 Å². The monoisotopic (exact) mass is 553 g/mol. The van der Waals surface area contributed by atoms with Gasteiger partial charge in [0.25, 0.3) is 11.5 Å². The van der Waals surface area contributed by atoms with Crippen LogP contribution in [0.4, 0.5) is 10.2 Å². The molecule has 9 nitrogen and oxygen atoms in total. The second-order valence-corrected chi connectivity index (χ2v) is 11.6. The van der Waals surface area contributed by atoms with Crippen LogP contribution in [0, 0.1) is 11.7 Å². The maximum absolute atomic E-state index is 14.4. The highest BCUT2D eigenvalue weighted by Gasteiger charge is 2.28. The number of carbonyl (C=O) groups is 1. The predicted molar refractivity (Wildman–Crippen MR) is 153 cm³/mol. The summed E-state index contributed by atoms with van der Waals surface area (Å²) in [6.45, 7) is 2.40. The topological polar surface area (TPSA) is 107 Å². The van der Waals surface area contributed by atoms with Crippen molar-refractivity contribution in [3.05, 3.63) is 81.9 Å². The van der Waals surface area contributed by atoms with Gasteiger partial charge in [-0.2, -0.15) is 0 Å². The van der Waals surface area contributed by atoms with Gasteiger partial charge >= 0.3 is 0 Å². The Hall–Kier alpha value is -4.18.